The molecule has 1 saturated heterocycles. The molecule has 20 heavy (non-hydrogen) atoms. The highest BCUT2D eigenvalue weighted by atomic mass is 35.5. The van der Waals surface area contributed by atoms with Crippen LogP contribution in [0.1, 0.15) is 13.8 Å². The maximum atomic E-state index is 12.6. The summed E-state index contributed by atoms with van der Waals surface area (Å²) in [5, 5.41) is 0.505. The van der Waals surface area contributed by atoms with Crippen LogP contribution < -0.4 is 0 Å². The van der Waals surface area contributed by atoms with E-state index in [-0.39, 0.29) is 23.4 Å². The van der Waals surface area contributed by atoms with Crippen LogP contribution in [0.15, 0.2) is 29.2 Å². The number of sulfonamides is 1. The number of rotatable bonds is 3. The van der Waals surface area contributed by atoms with Crippen LogP contribution in [0.4, 0.5) is 0 Å². The number of hydrogen-bond acceptors (Lipinski definition) is 3. The number of nitrogens with zero attached hydrogens (tertiary/aromatic N) is 1. The Bertz CT molecular complexity index is 572. The van der Waals surface area contributed by atoms with Gasteiger partial charge in [0, 0.05) is 24.0 Å². The molecular weight excluding hydrogens is 321 g/mol. The van der Waals surface area contributed by atoms with Crippen LogP contribution in [-0.4, -0.2) is 43.4 Å². The van der Waals surface area contributed by atoms with Gasteiger partial charge in [-0.3, -0.25) is 0 Å². The summed E-state index contributed by atoms with van der Waals surface area (Å²) in [6.07, 6.45) is -0.303. The summed E-state index contributed by atoms with van der Waals surface area (Å²) in [5.41, 5.74) is -0.558. The topological polar surface area (TPSA) is 46.6 Å². The molecule has 1 aliphatic rings. The minimum absolute atomic E-state index is 0.230. The summed E-state index contributed by atoms with van der Waals surface area (Å²) >= 11 is 11.6. The fourth-order valence-corrected chi connectivity index (χ4v) is 4.17. The van der Waals surface area contributed by atoms with Crippen molar-refractivity contribution in [2.45, 2.75) is 30.4 Å². The Morgan fingerprint density at radius 1 is 1.35 bits per heavy atom. The Kier molecular flexibility index (Phi) is 4.66. The Morgan fingerprint density at radius 3 is 2.50 bits per heavy atom. The molecule has 0 aromatic heterocycles. The van der Waals surface area contributed by atoms with E-state index in [2.05, 4.69) is 0 Å². The lowest BCUT2D eigenvalue weighted by Gasteiger charge is -2.41. The Balaban J connectivity index is 2.31. The first-order chi connectivity index (χ1) is 9.24. The summed E-state index contributed by atoms with van der Waals surface area (Å²) in [6.45, 7) is 4.27. The molecule has 0 radical (unpaired) electrons. The first kappa shape index (κ1) is 16.0. The number of benzene rings is 1. The summed E-state index contributed by atoms with van der Waals surface area (Å²) < 4.78 is 32.4. The van der Waals surface area contributed by atoms with Crippen LogP contribution in [0.3, 0.4) is 0 Å². The van der Waals surface area contributed by atoms with Crippen molar-refractivity contribution in [2.75, 3.05) is 19.0 Å². The summed E-state index contributed by atoms with van der Waals surface area (Å²) in [6, 6.07) is 6.16. The van der Waals surface area contributed by atoms with Gasteiger partial charge in [-0.2, -0.15) is 4.31 Å². The number of ether oxygens (including phenoxy) is 1. The van der Waals surface area contributed by atoms with Crippen molar-refractivity contribution < 1.29 is 13.2 Å². The zero-order valence-corrected chi connectivity index (χ0v) is 13.7. The minimum Gasteiger partial charge on any atom is -0.368 e. The van der Waals surface area contributed by atoms with Gasteiger partial charge in [-0.05, 0) is 38.1 Å². The van der Waals surface area contributed by atoms with Gasteiger partial charge < -0.3 is 4.74 Å². The molecule has 0 spiro atoms. The largest absolute Gasteiger partial charge is 0.368 e. The van der Waals surface area contributed by atoms with Crippen LogP contribution in [0.25, 0.3) is 0 Å². The van der Waals surface area contributed by atoms with E-state index in [0.717, 1.165) is 0 Å². The first-order valence-electron chi connectivity index (χ1n) is 6.24. The molecule has 1 aliphatic heterocycles. The van der Waals surface area contributed by atoms with Gasteiger partial charge >= 0.3 is 0 Å². The second-order valence-corrected chi connectivity index (χ2v) is 8.09. The molecule has 112 valence electrons. The minimum atomic E-state index is -3.56. The average Bonchev–Trinajstić information content (AvgIpc) is 2.37. The van der Waals surface area contributed by atoms with Gasteiger partial charge in [0.2, 0.25) is 10.0 Å². The molecule has 1 unspecified atom stereocenters. The highest BCUT2D eigenvalue weighted by Gasteiger charge is 2.39. The lowest BCUT2D eigenvalue weighted by Crippen LogP contribution is -2.55. The Hall–Kier alpha value is -0.330. The lowest BCUT2D eigenvalue weighted by atomic mass is 10.1. The van der Waals surface area contributed by atoms with E-state index in [1.807, 2.05) is 13.8 Å². The monoisotopic (exact) mass is 337 g/mol. The fraction of sp³-hybridized carbons (Fsp3) is 0.538. The van der Waals surface area contributed by atoms with Gasteiger partial charge in [0.15, 0.2) is 0 Å². The van der Waals surface area contributed by atoms with Gasteiger partial charge in [-0.15, -0.1) is 11.6 Å². The third kappa shape index (κ3) is 3.46. The van der Waals surface area contributed by atoms with Crippen molar-refractivity contribution in [1.29, 1.82) is 0 Å². The summed E-state index contributed by atoms with van der Waals surface area (Å²) in [4.78, 5) is 0.230. The highest BCUT2D eigenvalue weighted by molar-refractivity contribution is 7.89. The van der Waals surface area contributed by atoms with Crippen molar-refractivity contribution in [3.8, 4) is 0 Å². The Labute approximate surface area is 129 Å². The van der Waals surface area contributed by atoms with Gasteiger partial charge in [-0.25, -0.2) is 8.42 Å². The van der Waals surface area contributed by atoms with E-state index in [9.17, 15) is 8.42 Å². The SMILES string of the molecule is CC1(C)CN(S(=O)(=O)c2ccc(Cl)cc2)CC(CCl)O1. The predicted molar refractivity (Wildman–Crippen MR) is 79.9 cm³/mol. The van der Waals surface area contributed by atoms with Gasteiger partial charge in [0.25, 0.3) is 0 Å². The van der Waals surface area contributed by atoms with Crippen LogP contribution >= 0.6 is 23.2 Å². The first-order valence-corrected chi connectivity index (χ1v) is 8.59. The second kappa shape index (κ2) is 5.81. The number of halogens is 2. The zero-order valence-electron chi connectivity index (χ0n) is 11.3. The highest BCUT2D eigenvalue weighted by Crippen LogP contribution is 2.27. The van der Waals surface area contributed by atoms with E-state index < -0.39 is 15.6 Å². The maximum Gasteiger partial charge on any atom is 0.243 e. The van der Waals surface area contributed by atoms with Gasteiger partial charge in [0.05, 0.1) is 16.6 Å². The fourth-order valence-electron chi connectivity index (χ4n) is 2.26. The molecule has 2 rings (SSSR count). The molecule has 1 fully saturated rings. The molecule has 1 aromatic rings. The third-order valence-electron chi connectivity index (χ3n) is 3.07. The number of alkyl halides is 1. The quantitative estimate of drug-likeness (QED) is 0.796. The van der Waals surface area contributed by atoms with Crippen molar-refractivity contribution in [2.24, 2.45) is 0 Å². The molecule has 0 bridgehead atoms. The number of morpholine rings is 1. The standard InChI is InChI=1S/C13H17Cl2NO3S/c1-13(2)9-16(8-11(7-14)19-13)20(17,18)12-5-3-10(15)4-6-12/h3-6,11H,7-9H2,1-2H3. The molecule has 0 N–H and O–H groups in total. The third-order valence-corrected chi connectivity index (χ3v) is 5.50. The smallest absolute Gasteiger partial charge is 0.243 e. The van der Waals surface area contributed by atoms with Gasteiger partial charge in [-0.1, -0.05) is 11.6 Å². The van der Waals surface area contributed by atoms with Crippen molar-refractivity contribution in [1.82, 2.24) is 4.31 Å². The molecule has 7 heteroatoms. The van der Waals surface area contributed by atoms with Crippen molar-refractivity contribution >= 4 is 33.2 Å². The maximum absolute atomic E-state index is 12.6. The van der Waals surface area contributed by atoms with Crippen LogP contribution in [0.2, 0.25) is 5.02 Å². The second-order valence-electron chi connectivity index (χ2n) is 5.41. The lowest BCUT2D eigenvalue weighted by molar-refractivity contribution is -0.107. The molecule has 4 nitrogen and oxygen atoms in total. The van der Waals surface area contributed by atoms with Crippen LogP contribution in [-0.2, 0) is 14.8 Å². The normalized spacial score (nSPS) is 23.7. The summed E-state index contributed by atoms with van der Waals surface area (Å²) in [5.74, 6) is 0.260. The van der Waals surface area contributed by atoms with Crippen molar-refractivity contribution in [3.05, 3.63) is 29.3 Å². The Morgan fingerprint density at radius 2 is 1.95 bits per heavy atom. The molecule has 0 saturated carbocycles. The summed E-state index contributed by atoms with van der Waals surface area (Å²) in [7, 11) is -3.56. The van der Waals surface area contributed by atoms with E-state index in [1.165, 1.54) is 16.4 Å². The molecule has 0 amide bonds. The van der Waals surface area contributed by atoms with Gasteiger partial charge in [0.1, 0.15) is 0 Å². The zero-order chi connectivity index (χ0) is 15.0. The van der Waals surface area contributed by atoms with Crippen LogP contribution in [0.5, 0.6) is 0 Å². The van der Waals surface area contributed by atoms with E-state index in [4.69, 9.17) is 27.9 Å². The molecular formula is C13H17Cl2NO3S. The van der Waals surface area contributed by atoms with Crippen molar-refractivity contribution in [3.63, 3.8) is 0 Å². The van der Waals surface area contributed by atoms with Crippen LogP contribution in [0, 0.1) is 0 Å². The predicted octanol–water partition coefficient (Wildman–Crippen LogP) is 2.75. The van der Waals surface area contributed by atoms with E-state index in [0.29, 0.717) is 11.6 Å². The molecule has 1 atom stereocenters. The molecule has 1 aromatic carbocycles. The van der Waals surface area contributed by atoms with E-state index in [1.54, 1.807) is 12.1 Å². The average molecular weight is 338 g/mol. The number of hydrogen-bond donors (Lipinski definition) is 0. The molecule has 0 aliphatic carbocycles. The van der Waals surface area contributed by atoms with E-state index >= 15 is 0 Å². The molecule has 1 heterocycles.